The Morgan fingerprint density at radius 2 is 2.17 bits per heavy atom. The molecule has 0 saturated carbocycles. The molecule has 1 amide bonds. The molecular formula is C17H16F3N5O4. The number of hydrogen-bond acceptors (Lipinski definition) is 7. The molecular weight excluding hydrogens is 395 g/mol. The number of halogens is 3. The molecule has 0 spiro atoms. The van der Waals surface area contributed by atoms with Gasteiger partial charge in [0.1, 0.15) is 12.3 Å². The number of aliphatic hydroxyl groups is 2. The van der Waals surface area contributed by atoms with Crippen molar-refractivity contribution in [1.29, 1.82) is 0 Å². The maximum absolute atomic E-state index is 12.9. The van der Waals surface area contributed by atoms with Gasteiger partial charge < -0.3 is 14.9 Å². The molecule has 0 aromatic heterocycles. The number of nitrogens with zero attached hydrogens (tertiary/aromatic N) is 4. The van der Waals surface area contributed by atoms with Gasteiger partial charge in [-0.1, -0.05) is 6.07 Å². The van der Waals surface area contributed by atoms with E-state index in [1.165, 1.54) is 23.4 Å². The van der Waals surface area contributed by atoms with Gasteiger partial charge in [-0.3, -0.25) is 20.0 Å². The van der Waals surface area contributed by atoms with Gasteiger partial charge in [-0.25, -0.2) is 4.99 Å². The monoisotopic (exact) mass is 411 g/mol. The second-order valence-electron chi connectivity index (χ2n) is 6.63. The third-order valence-electron chi connectivity index (χ3n) is 4.66. The number of aliphatic imine (C=N–C) groups is 3. The summed E-state index contributed by atoms with van der Waals surface area (Å²) in [5, 5.41) is 21.5. The van der Waals surface area contributed by atoms with E-state index in [0.29, 0.717) is 0 Å². The minimum absolute atomic E-state index is 0.0312. The SMILES string of the molecule is O=C1NC(=Nc2cccc(C(F)(F)F)c2)N=C2C1N=CN2[C@H]1C[C@H](O)[C@@H](CO)O1. The summed E-state index contributed by atoms with van der Waals surface area (Å²) in [6.45, 7) is -0.374. The van der Waals surface area contributed by atoms with Crippen molar-refractivity contribution in [2.75, 3.05) is 6.61 Å². The second-order valence-corrected chi connectivity index (χ2v) is 6.63. The van der Waals surface area contributed by atoms with Gasteiger partial charge >= 0.3 is 6.18 Å². The van der Waals surface area contributed by atoms with Crippen LogP contribution in [-0.2, 0) is 15.7 Å². The van der Waals surface area contributed by atoms with Crippen molar-refractivity contribution in [3.63, 3.8) is 0 Å². The van der Waals surface area contributed by atoms with Crippen molar-refractivity contribution < 1.29 is 32.9 Å². The fraction of sp³-hybridized carbons (Fsp3) is 0.412. The first-order chi connectivity index (χ1) is 13.8. The number of aliphatic hydroxyl groups excluding tert-OH is 2. The lowest BCUT2D eigenvalue weighted by Crippen LogP contribution is -2.51. The summed E-state index contributed by atoms with van der Waals surface area (Å²) in [6.07, 6.45) is -5.39. The topological polar surface area (TPSA) is 119 Å². The summed E-state index contributed by atoms with van der Waals surface area (Å²) in [5.74, 6) is -0.555. The minimum atomic E-state index is -4.52. The summed E-state index contributed by atoms with van der Waals surface area (Å²) >= 11 is 0. The molecule has 154 valence electrons. The summed E-state index contributed by atoms with van der Waals surface area (Å²) in [6, 6.07) is 3.36. The lowest BCUT2D eigenvalue weighted by atomic mass is 10.1. The molecule has 3 heterocycles. The number of carbonyl (C=O) groups excluding carboxylic acids is 1. The highest BCUT2D eigenvalue weighted by molar-refractivity contribution is 6.24. The third-order valence-corrected chi connectivity index (χ3v) is 4.66. The Hall–Kier alpha value is -2.83. The standard InChI is InChI=1S/C17H16F3N5O4/c18-17(19,20)8-2-1-3-9(4-8)22-16-23-14-13(15(28)24-16)21-7-25(14)12-5-10(27)11(6-26)29-12/h1-4,7,10-13,26-27H,5-6H2,(H,22,24,28)/t10-,11+,12+,13?/m0/s1. The molecule has 1 fully saturated rings. The van der Waals surface area contributed by atoms with Crippen LogP contribution in [0, 0.1) is 0 Å². The lowest BCUT2D eigenvalue weighted by Gasteiger charge is -2.26. The zero-order chi connectivity index (χ0) is 20.8. The highest BCUT2D eigenvalue weighted by Crippen LogP contribution is 2.32. The Morgan fingerprint density at radius 1 is 1.38 bits per heavy atom. The smallest absolute Gasteiger partial charge is 0.394 e. The number of fused-ring (bicyclic) bond motifs is 1. The number of guanidine groups is 1. The van der Waals surface area contributed by atoms with Gasteiger partial charge in [-0.2, -0.15) is 18.2 Å². The van der Waals surface area contributed by atoms with Crippen LogP contribution in [0.5, 0.6) is 0 Å². The average molecular weight is 411 g/mol. The number of alkyl halides is 3. The third kappa shape index (κ3) is 3.73. The molecule has 29 heavy (non-hydrogen) atoms. The highest BCUT2D eigenvalue weighted by atomic mass is 19.4. The van der Waals surface area contributed by atoms with E-state index in [0.717, 1.165) is 12.1 Å². The molecule has 9 nitrogen and oxygen atoms in total. The Labute approximate surface area is 162 Å². The molecule has 3 aliphatic heterocycles. The first kappa shape index (κ1) is 19.5. The van der Waals surface area contributed by atoms with Crippen LogP contribution in [0.4, 0.5) is 18.9 Å². The average Bonchev–Trinajstić information content (AvgIpc) is 3.24. The Balaban J connectivity index is 1.62. The number of hydrogen-bond donors (Lipinski definition) is 3. The van der Waals surface area contributed by atoms with Gasteiger partial charge in [0, 0.05) is 6.42 Å². The molecule has 3 N–H and O–H groups in total. The van der Waals surface area contributed by atoms with Crippen molar-refractivity contribution in [3.05, 3.63) is 29.8 Å². The first-order valence-corrected chi connectivity index (χ1v) is 8.67. The Morgan fingerprint density at radius 3 is 2.86 bits per heavy atom. The molecule has 0 aliphatic carbocycles. The maximum atomic E-state index is 12.9. The number of rotatable bonds is 3. The molecule has 4 atom stereocenters. The predicted octanol–water partition coefficient (Wildman–Crippen LogP) is 0.402. The number of carbonyl (C=O) groups is 1. The molecule has 12 heteroatoms. The Kier molecular flexibility index (Phi) is 4.84. The fourth-order valence-electron chi connectivity index (χ4n) is 3.22. The van der Waals surface area contributed by atoms with Crippen LogP contribution in [0.1, 0.15) is 12.0 Å². The number of amidine groups is 1. The Bertz CT molecular complexity index is 917. The van der Waals surface area contributed by atoms with Crippen molar-refractivity contribution in [1.82, 2.24) is 10.2 Å². The normalized spacial score (nSPS) is 30.5. The molecule has 4 rings (SSSR count). The van der Waals surface area contributed by atoms with Gasteiger partial charge in [0.25, 0.3) is 5.91 Å². The molecule has 0 radical (unpaired) electrons. The van der Waals surface area contributed by atoms with Crippen molar-refractivity contribution in [2.24, 2.45) is 15.0 Å². The zero-order valence-corrected chi connectivity index (χ0v) is 14.7. The first-order valence-electron chi connectivity index (χ1n) is 8.67. The van der Waals surface area contributed by atoms with E-state index in [2.05, 4.69) is 20.3 Å². The van der Waals surface area contributed by atoms with E-state index in [4.69, 9.17) is 4.74 Å². The van der Waals surface area contributed by atoms with Crippen molar-refractivity contribution >= 4 is 29.7 Å². The van der Waals surface area contributed by atoms with Crippen LogP contribution in [-0.4, -0.2) is 70.2 Å². The van der Waals surface area contributed by atoms with Gasteiger partial charge in [-0.05, 0) is 18.2 Å². The zero-order valence-electron chi connectivity index (χ0n) is 14.7. The lowest BCUT2D eigenvalue weighted by molar-refractivity contribution is -0.137. The van der Waals surface area contributed by atoms with Crippen LogP contribution in [0.25, 0.3) is 0 Å². The fourth-order valence-corrected chi connectivity index (χ4v) is 3.22. The van der Waals surface area contributed by atoms with Gasteiger partial charge in [0.05, 0.1) is 30.3 Å². The quantitative estimate of drug-likeness (QED) is 0.666. The number of amides is 1. The van der Waals surface area contributed by atoms with Crippen LogP contribution < -0.4 is 5.32 Å². The molecule has 1 aromatic carbocycles. The van der Waals surface area contributed by atoms with Gasteiger partial charge in [0.15, 0.2) is 11.9 Å². The van der Waals surface area contributed by atoms with Crippen LogP contribution >= 0.6 is 0 Å². The summed E-state index contributed by atoms with van der Waals surface area (Å²) in [7, 11) is 0. The van der Waals surface area contributed by atoms with Crippen LogP contribution in [0.3, 0.4) is 0 Å². The van der Waals surface area contributed by atoms with E-state index >= 15 is 0 Å². The number of nitrogens with one attached hydrogen (secondary N) is 1. The maximum Gasteiger partial charge on any atom is 0.416 e. The van der Waals surface area contributed by atoms with Crippen molar-refractivity contribution in [3.8, 4) is 0 Å². The summed E-state index contributed by atoms with van der Waals surface area (Å²) in [4.78, 5) is 26.0. The van der Waals surface area contributed by atoms with Crippen LogP contribution in [0.15, 0.2) is 39.2 Å². The summed E-state index contributed by atoms with van der Waals surface area (Å²) in [5.41, 5.74) is -0.905. The predicted molar refractivity (Wildman–Crippen MR) is 94.6 cm³/mol. The molecule has 3 aliphatic rings. The number of benzene rings is 1. The van der Waals surface area contributed by atoms with Gasteiger partial charge in [0.2, 0.25) is 5.96 Å². The molecule has 1 unspecified atom stereocenters. The highest BCUT2D eigenvalue weighted by Gasteiger charge is 2.44. The van der Waals surface area contributed by atoms with Crippen molar-refractivity contribution in [2.45, 2.75) is 37.1 Å². The molecule has 1 aromatic rings. The largest absolute Gasteiger partial charge is 0.416 e. The summed E-state index contributed by atoms with van der Waals surface area (Å²) < 4.78 is 44.2. The number of ether oxygens (including phenoxy) is 1. The minimum Gasteiger partial charge on any atom is -0.394 e. The van der Waals surface area contributed by atoms with E-state index in [1.807, 2.05) is 0 Å². The molecule has 0 bridgehead atoms. The van der Waals surface area contributed by atoms with Gasteiger partial charge in [-0.15, -0.1) is 0 Å². The van der Waals surface area contributed by atoms with E-state index in [-0.39, 0.29) is 30.5 Å². The van der Waals surface area contributed by atoms with E-state index < -0.39 is 42.1 Å². The van der Waals surface area contributed by atoms with Crippen LogP contribution in [0.2, 0.25) is 0 Å². The van der Waals surface area contributed by atoms with E-state index in [9.17, 15) is 28.2 Å². The second kappa shape index (κ2) is 7.21. The molecule has 1 saturated heterocycles. The van der Waals surface area contributed by atoms with E-state index in [1.54, 1.807) is 0 Å².